The lowest BCUT2D eigenvalue weighted by atomic mass is 9.87. The summed E-state index contributed by atoms with van der Waals surface area (Å²) in [6.07, 6.45) is 0. The van der Waals surface area contributed by atoms with Gasteiger partial charge < -0.3 is 15.0 Å². The van der Waals surface area contributed by atoms with Gasteiger partial charge in [0.25, 0.3) is 11.8 Å². The fraction of sp³-hybridized carbons (Fsp3) is 0.375. The van der Waals surface area contributed by atoms with Crippen LogP contribution in [0, 0.1) is 0 Å². The minimum atomic E-state index is -0.663. The molecule has 1 N–H and O–H groups in total. The topological polar surface area (TPSA) is 75.7 Å². The van der Waals surface area contributed by atoms with E-state index in [-0.39, 0.29) is 36.4 Å². The molecular formula is C24H30N2O4. The average molecular weight is 411 g/mol. The van der Waals surface area contributed by atoms with Crippen molar-refractivity contribution in [2.24, 2.45) is 0 Å². The number of nitrogens with one attached hydrogen (secondary N) is 1. The molecule has 6 heteroatoms. The molecule has 30 heavy (non-hydrogen) atoms. The van der Waals surface area contributed by atoms with Gasteiger partial charge in [-0.3, -0.25) is 14.4 Å². The molecule has 0 aliphatic heterocycles. The van der Waals surface area contributed by atoms with E-state index in [0.717, 1.165) is 11.1 Å². The highest BCUT2D eigenvalue weighted by Gasteiger charge is 2.19. The first-order chi connectivity index (χ1) is 14.1. The third kappa shape index (κ3) is 6.44. The van der Waals surface area contributed by atoms with E-state index < -0.39 is 5.97 Å². The summed E-state index contributed by atoms with van der Waals surface area (Å²) < 4.78 is 5.02. The standard InChI is InChI=1S/C24H30N2O4/c1-17(18-9-7-6-8-10-18)26(5)21(27)16-30-22(28)15-25-23(29)19-11-13-20(14-12-19)24(2,3)4/h6-14,17H,15-16H2,1-5H3,(H,25,29). The molecule has 2 amide bonds. The smallest absolute Gasteiger partial charge is 0.325 e. The summed E-state index contributed by atoms with van der Waals surface area (Å²) in [7, 11) is 1.66. The first kappa shape index (κ1) is 23.1. The number of esters is 1. The van der Waals surface area contributed by atoms with Crippen molar-refractivity contribution in [1.29, 1.82) is 0 Å². The molecule has 160 valence electrons. The lowest BCUT2D eigenvalue weighted by Crippen LogP contribution is -2.36. The second-order valence-electron chi connectivity index (χ2n) is 8.26. The van der Waals surface area contributed by atoms with Crippen LogP contribution in [-0.4, -0.2) is 42.9 Å². The molecule has 0 radical (unpaired) electrons. The predicted molar refractivity (Wildman–Crippen MR) is 116 cm³/mol. The number of likely N-dealkylation sites (N-methyl/N-ethyl adjacent to an activating group) is 1. The van der Waals surface area contributed by atoms with Crippen LogP contribution < -0.4 is 5.32 Å². The van der Waals surface area contributed by atoms with Crippen LogP contribution in [0.15, 0.2) is 54.6 Å². The minimum Gasteiger partial charge on any atom is -0.454 e. The maximum atomic E-state index is 12.3. The Morgan fingerprint density at radius 2 is 1.60 bits per heavy atom. The Labute approximate surface area is 178 Å². The van der Waals surface area contributed by atoms with Gasteiger partial charge in [0.15, 0.2) is 6.61 Å². The van der Waals surface area contributed by atoms with E-state index >= 15 is 0 Å². The van der Waals surface area contributed by atoms with Crippen molar-refractivity contribution in [3.05, 3.63) is 71.3 Å². The van der Waals surface area contributed by atoms with E-state index in [2.05, 4.69) is 26.1 Å². The highest BCUT2D eigenvalue weighted by atomic mass is 16.5. The van der Waals surface area contributed by atoms with Crippen molar-refractivity contribution in [2.45, 2.75) is 39.2 Å². The van der Waals surface area contributed by atoms with Crippen LogP contribution in [0.3, 0.4) is 0 Å². The van der Waals surface area contributed by atoms with Crippen LogP contribution in [0.1, 0.15) is 55.2 Å². The van der Waals surface area contributed by atoms with Crippen LogP contribution in [0.25, 0.3) is 0 Å². The molecule has 0 spiro atoms. The number of nitrogens with zero attached hydrogens (tertiary/aromatic N) is 1. The zero-order chi connectivity index (χ0) is 22.3. The van der Waals surface area contributed by atoms with Crippen molar-refractivity contribution >= 4 is 17.8 Å². The molecule has 0 bridgehead atoms. The summed E-state index contributed by atoms with van der Waals surface area (Å²) >= 11 is 0. The van der Waals surface area contributed by atoms with Crippen LogP contribution >= 0.6 is 0 Å². The second kappa shape index (κ2) is 10.1. The summed E-state index contributed by atoms with van der Waals surface area (Å²) in [5, 5.41) is 2.52. The molecule has 2 aromatic carbocycles. The molecule has 2 rings (SSSR count). The fourth-order valence-corrected chi connectivity index (χ4v) is 2.84. The lowest BCUT2D eigenvalue weighted by Gasteiger charge is -2.25. The molecule has 0 heterocycles. The van der Waals surface area contributed by atoms with Gasteiger partial charge in [-0.15, -0.1) is 0 Å². The molecule has 0 aliphatic carbocycles. The van der Waals surface area contributed by atoms with Crippen molar-refractivity contribution in [3.8, 4) is 0 Å². The van der Waals surface area contributed by atoms with Gasteiger partial charge in [-0.1, -0.05) is 63.2 Å². The Hall–Kier alpha value is -3.15. The van der Waals surface area contributed by atoms with Crippen LogP contribution in [0.5, 0.6) is 0 Å². The van der Waals surface area contributed by atoms with Gasteiger partial charge in [-0.2, -0.15) is 0 Å². The van der Waals surface area contributed by atoms with Gasteiger partial charge in [-0.05, 0) is 35.6 Å². The quantitative estimate of drug-likeness (QED) is 0.709. The first-order valence-electron chi connectivity index (χ1n) is 9.94. The fourth-order valence-electron chi connectivity index (χ4n) is 2.84. The molecule has 1 atom stereocenters. The number of amides is 2. The molecule has 0 fully saturated rings. The molecule has 2 aromatic rings. The summed E-state index contributed by atoms with van der Waals surface area (Å²) in [5.74, 6) is -1.35. The summed E-state index contributed by atoms with van der Waals surface area (Å²) in [6.45, 7) is 7.51. The Morgan fingerprint density at radius 1 is 1.00 bits per heavy atom. The van der Waals surface area contributed by atoms with Crippen LogP contribution in [-0.2, 0) is 19.7 Å². The van der Waals surface area contributed by atoms with E-state index in [1.165, 1.54) is 4.90 Å². The third-order valence-corrected chi connectivity index (χ3v) is 5.02. The zero-order valence-electron chi connectivity index (χ0n) is 18.3. The predicted octanol–water partition coefficient (Wildman–Crippen LogP) is 3.48. The first-order valence-corrected chi connectivity index (χ1v) is 9.94. The van der Waals surface area contributed by atoms with E-state index in [4.69, 9.17) is 4.74 Å². The van der Waals surface area contributed by atoms with E-state index in [0.29, 0.717) is 5.56 Å². The molecular weight excluding hydrogens is 380 g/mol. The highest BCUT2D eigenvalue weighted by molar-refractivity contribution is 5.96. The van der Waals surface area contributed by atoms with Gasteiger partial charge in [0, 0.05) is 12.6 Å². The van der Waals surface area contributed by atoms with Gasteiger partial charge in [-0.25, -0.2) is 0 Å². The van der Waals surface area contributed by atoms with Crippen molar-refractivity contribution < 1.29 is 19.1 Å². The molecule has 1 unspecified atom stereocenters. The summed E-state index contributed by atoms with van der Waals surface area (Å²) in [5.41, 5.74) is 2.56. The summed E-state index contributed by atoms with van der Waals surface area (Å²) in [6, 6.07) is 16.7. The molecule has 0 aromatic heterocycles. The van der Waals surface area contributed by atoms with Crippen molar-refractivity contribution in [3.63, 3.8) is 0 Å². The van der Waals surface area contributed by atoms with Crippen LogP contribution in [0.2, 0.25) is 0 Å². The van der Waals surface area contributed by atoms with E-state index in [9.17, 15) is 14.4 Å². The largest absolute Gasteiger partial charge is 0.454 e. The van der Waals surface area contributed by atoms with Crippen molar-refractivity contribution in [1.82, 2.24) is 10.2 Å². The Balaban J connectivity index is 1.79. The minimum absolute atomic E-state index is 0.00345. The lowest BCUT2D eigenvalue weighted by molar-refractivity contribution is -0.151. The number of ether oxygens (including phenoxy) is 1. The third-order valence-electron chi connectivity index (χ3n) is 5.02. The molecule has 0 saturated heterocycles. The SMILES string of the molecule is CC(c1ccccc1)N(C)C(=O)COC(=O)CNC(=O)c1ccc(C(C)(C)C)cc1. The maximum Gasteiger partial charge on any atom is 0.325 e. The summed E-state index contributed by atoms with van der Waals surface area (Å²) in [4.78, 5) is 38.0. The normalized spacial score (nSPS) is 12.0. The number of benzene rings is 2. The molecule has 0 aliphatic rings. The number of hydrogen-bond donors (Lipinski definition) is 1. The Bertz CT molecular complexity index is 870. The van der Waals surface area contributed by atoms with Crippen LogP contribution in [0.4, 0.5) is 0 Å². The van der Waals surface area contributed by atoms with Gasteiger partial charge in [0.1, 0.15) is 6.54 Å². The highest BCUT2D eigenvalue weighted by Crippen LogP contribution is 2.22. The number of carbonyl (C=O) groups excluding carboxylic acids is 3. The Morgan fingerprint density at radius 3 is 2.17 bits per heavy atom. The average Bonchev–Trinajstić information content (AvgIpc) is 2.74. The zero-order valence-corrected chi connectivity index (χ0v) is 18.3. The number of hydrogen-bond acceptors (Lipinski definition) is 4. The molecule has 0 saturated carbocycles. The van der Waals surface area contributed by atoms with Gasteiger partial charge in [0.05, 0.1) is 6.04 Å². The molecule has 6 nitrogen and oxygen atoms in total. The van der Waals surface area contributed by atoms with E-state index in [1.807, 2.05) is 49.4 Å². The number of rotatable bonds is 7. The van der Waals surface area contributed by atoms with E-state index in [1.54, 1.807) is 19.2 Å². The maximum absolute atomic E-state index is 12.3. The van der Waals surface area contributed by atoms with Crippen molar-refractivity contribution in [2.75, 3.05) is 20.2 Å². The monoisotopic (exact) mass is 410 g/mol. The second-order valence-corrected chi connectivity index (χ2v) is 8.26. The number of carbonyl (C=O) groups is 3. The van der Waals surface area contributed by atoms with Gasteiger partial charge >= 0.3 is 5.97 Å². The Kier molecular flexibility index (Phi) is 7.75. The van der Waals surface area contributed by atoms with Gasteiger partial charge in [0.2, 0.25) is 0 Å².